The van der Waals surface area contributed by atoms with Gasteiger partial charge in [0.2, 0.25) is 15.9 Å². The van der Waals surface area contributed by atoms with E-state index in [1.54, 1.807) is 11.0 Å². The van der Waals surface area contributed by atoms with Gasteiger partial charge in [-0.25, -0.2) is 8.42 Å². The third-order valence-corrected chi connectivity index (χ3v) is 6.76. The third kappa shape index (κ3) is 4.66. The third-order valence-electron chi connectivity index (χ3n) is 4.72. The molecule has 6 nitrogen and oxygen atoms in total. The zero-order chi connectivity index (χ0) is 20.1. The van der Waals surface area contributed by atoms with Gasteiger partial charge in [0.15, 0.2) is 0 Å². The molecular weight excluding hydrogens is 400 g/mol. The Morgan fingerprint density at radius 1 is 1.14 bits per heavy atom. The van der Waals surface area contributed by atoms with Crippen LogP contribution in [0, 0.1) is 0 Å². The number of ether oxygens (including phenoxy) is 1. The molecule has 28 heavy (non-hydrogen) atoms. The monoisotopic (exact) mass is 422 g/mol. The van der Waals surface area contributed by atoms with Crippen LogP contribution in [0.3, 0.4) is 0 Å². The molecule has 2 aromatic rings. The van der Waals surface area contributed by atoms with Gasteiger partial charge in [0.1, 0.15) is 10.6 Å². The van der Waals surface area contributed by atoms with Crippen LogP contribution < -0.4 is 4.74 Å². The molecule has 1 fully saturated rings. The molecule has 0 aliphatic carbocycles. The first kappa shape index (κ1) is 20.6. The molecule has 8 heteroatoms. The lowest BCUT2D eigenvalue weighted by molar-refractivity contribution is -0.130. The molecule has 0 bridgehead atoms. The van der Waals surface area contributed by atoms with Gasteiger partial charge in [-0.1, -0.05) is 41.9 Å². The van der Waals surface area contributed by atoms with Crippen LogP contribution in [0.4, 0.5) is 0 Å². The smallest absolute Gasteiger partial charge is 0.247 e. The molecule has 0 atom stereocenters. The topological polar surface area (TPSA) is 66.9 Å². The number of carbonyl (C=O) groups excluding carboxylic acids is 1. The van der Waals surface area contributed by atoms with Crippen molar-refractivity contribution in [2.45, 2.75) is 24.3 Å². The highest BCUT2D eigenvalue weighted by atomic mass is 35.5. The van der Waals surface area contributed by atoms with Gasteiger partial charge in [-0.2, -0.15) is 4.31 Å². The second kappa shape index (κ2) is 8.94. The molecule has 0 radical (unpaired) electrons. The van der Waals surface area contributed by atoms with Crippen LogP contribution in [0.2, 0.25) is 5.02 Å². The lowest BCUT2D eigenvalue weighted by Crippen LogP contribution is -2.41. The average molecular weight is 423 g/mol. The Morgan fingerprint density at radius 2 is 1.82 bits per heavy atom. The summed E-state index contributed by atoms with van der Waals surface area (Å²) < 4.78 is 33.3. The minimum Gasteiger partial charge on any atom is -0.495 e. The Labute approximate surface area is 170 Å². The van der Waals surface area contributed by atoms with Crippen molar-refractivity contribution < 1.29 is 17.9 Å². The maximum atomic E-state index is 13.4. The quantitative estimate of drug-likeness (QED) is 0.687. The first-order valence-corrected chi connectivity index (χ1v) is 10.9. The summed E-state index contributed by atoms with van der Waals surface area (Å²) in [6, 6.07) is 13.6. The maximum absolute atomic E-state index is 13.4. The molecule has 150 valence electrons. The van der Waals surface area contributed by atoms with Gasteiger partial charge in [0.25, 0.3) is 0 Å². The number of nitrogens with zero attached hydrogens (tertiary/aromatic N) is 2. The van der Waals surface area contributed by atoms with Gasteiger partial charge >= 0.3 is 0 Å². The molecule has 2 aromatic carbocycles. The van der Waals surface area contributed by atoms with Crippen molar-refractivity contribution in [3.63, 3.8) is 0 Å². The highest BCUT2D eigenvalue weighted by molar-refractivity contribution is 7.89. The number of sulfonamides is 1. The van der Waals surface area contributed by atoms with Crippen LogP contribution in [-0.2, 0) is 21.4 Å². The van der Waals surface area contributed by atoms with Gasteiger partial charge in [-0.15, -0.1) is 0 Å². The molecule has 0 unspecified atom stereocenters. The van der Waals surface area contributed by atoms with Gasteiger partial charge in [-0.05, 0) is 36.6 Å². The van der Waals surface area contributed by atoms with Crippen molar-refractivity contribution in [1.82, 2.24) is 9.21 Å². The van der Waals surface area contributed by atoms with Crippen LogP contribution in [0.1, 0.15) is 18.4 Å². The van der Waals surface area contributed by atoms with E-state index < -0.39 is 10.0 Å². The Morgan fingerprint density at radius 3 is 2.46 bits per heavy atom. The molecule has 1 aliphatic rings. The summed E-state index contributed by atoms with van der Waals surface area (Å²) >= 11 is 6.04. The number of benzene rings is 2. The largest absolute Gasteiger partial charge is 0.495 e. The van der Waals surface area contributed by atoms with Crippen LogP contribution >= 0.6 is 11.6 Å². The standard InChI is InChI=1S/C20H23ClN2O4S/c1-27-18-10-9-17(21)13-19(18)28(25,26)23(14-16-7-3-2-4-8-16)15-20(24)22-11-5-6-12-22/h2-4,7-10,13H,5-6,11-12,14-15H2,1H3. The van der Waals surface area contributed by atoms with Crippen LogP contribution in [-0.4, -0.2) is 50.3 Å². The summed E-state index contributed by atoms with van der Waals surface area (Å²) in [7, 11) is -2.61. The Balaban J connectivity index is 1.96. The fourth-order valence-corrected chi connectivity index (χ4v) is 5.02. The van der Waals surface area contributed by atoms with Crippen molar-refractivity contribution >= 4 is 27.5 Å². The SMILES string of the molecule is COc1ccc(Cl)cc1S(=O)(=O)N(CC(=O)N1CCCC1)Cc1ccccc1. The van der Waals surface area contributed by atoms with Crippen LogP contribution in [0.5, 0.6) is 5.75 Å². The van der Waals surface area contributed by atoms with E-state index in [-0.39, 0.29) is 34.7 Å². The molecule has 3 rings (SSSR count). The summed E-state index contributed by atoms with van der Waals surface area (Å²) in [6.45, 7) is 1.18. The highest BCUT2D eigenvalue weighted by Crippen LogP contribution is 2.30. The number of rotatable bonds is 7. The number of halogens is 1. The van der Waals surface area contributed by atoms with E-state index in [1.165, 1.54) is 23.5 Å². The molecule has 0 aromatic heterocycles. The number of methoxy groups -OCH3 is 1. The number of hydrogen-bond donors (Lipinski definition) is 0. The van der Waals surface area contributed by atoms with Crippen molar-refractivity contribution in [3.8, 4) is 5.75 Å². The van der Waals surface area contributed by atoms with Crippen LogP contribution in [0.25, 0.3) is 0 Å². The zero-order valence-corrected chi connectivity index (χ0v) is 17.2. The Hall–Kier alpha value is -2.09. The van der Waals surface area contributed by atoms with Crippen molar-refractivity contribution in [2.24, 2.45) is 0 Å². The number of amides is 1. The van der Waals surface area contributed by atoms with E-state index in [4.69, 9.17) is 16.3 Å². The molecular formula is C20H23ClN2O4S. The van der Waals surface area contributed by atoms with Gasteiger partial charge in [-0.3, -0.25) is 4.79 Å². The number of likely N-dealkylation sites (tertiary alicyclic amines) is 1. The van der Waals surface area contributed by atoms with E-state index in [2.05, 4.69) is 0 Å². The fourth-order valence-electron chi connectivity index (χ4n) is 3.22. The maximum Gasteiger partial charge on any atom is 0.247 e. The highest BCUT2D eigenvalue weighted by Gasteiger charge is 2.32. The summed E-state index contributed by atoms with van der Waals surface area (Å²) in [4.78, 5) is 14.4. The van der Waals surface area contributed by atoms with E-state index in [9.17, 15) is 13.2 Å². The second-order valence-corrected chi connectivity index (χ2v) is 8.98. The molecule has 1 amide bonds. The van der Waals surface area contributed by atoms with Crippen LogP contribution in [0.15, 0.2) is 53.4 Å². The lowest BCUT2D eigenvalue weighted by Gasteiger charge is -2.25. The molecule has 0 saturated carbocycles. The average Bonchev–Trinajstić information content (AvgIpc) is 3.23. The van der Waals surface area contributed by atoms with E-state index in [1.807, 2.05) is 30.3 Å². The first-order chi connectivity index (χ1) is 13.4. The van der Waals surface area contributed by atoms with E-state index in [0.29, 0.717) is 13.1 Å². The number of hydrogen-bond acceptors (Lipinski definition) is 4. The Kier molecular flexibility index (Phi) is 6.59. The predicted molar refractivity (Wildman–Crippen MR) is 108 cm³/mol. The van der Waals surface area contributed by atoms with Crippen molar-refractivity contribution in [3.05, 3.63) is 59.1 Å². The summed E-state index contributed by atoms with van der Waals surface area (Å²) in [5.41, 5.74) is 0.793. The molecule has 1 aliphatic heterocycles. The second-order valence-electron chi connectivity index (χ2n) is 6.64. The zero-order valence-electron chi connectivity index (χ0n) is 15.7. The summed E-state index contributed by atoms with van der Waals surface area (Å²) in [5.74, 6) is -0.00548. The summed E-state index contributed by atoms with van der Waals surface area (Å²) in [5, 5.41) is 0.282. The van der Waals surface area contributed by atoms with Gasteiger partial charge < -0.3 is 9.64 Å². The molecule has 1 saturated heterocycles. The predicted octanol–water partition coefficient (Wildman–Crippen LogP) is 3.16. The van der Waals surface area contributed by atoms with Crippen molar-refractivity contribution in [1.29, 1.82) is 0 Å². The van der Waals surface area contributed by atoms with Gasteiger partial charge in [0, 0.05) is 24.7 Å². The fraction of sp³-hybridized carbons (Fsp3) is 0.350. The lowest BCUT2D eigenvalue weighted by atomic mass is 10.2. The molecule has 0 spiro atoms. The van der Waals surface area contributed by atoms with E-state index >= 15 is 0 Å². The summed E-state index contributed by atoms with van der Waals surface area (Å²) in [6.07, 6.45) is 1.89. The van der Waals surface area contributed by atoms with E-state index in [0.717, 1.165) is 18.4 Å². The first-order valence-electron chi connectivity index (χ1n) is 9.07. The minimum absolute atomic E-state index is 0.0485. The minimum atomic E-state index is -4.01. The molecule has 1 heterocycles. The van der Waals surface area contributed by atoms with Gasteiger partial charge in [0.05, 0.1) is 13.7 Å². The Bertz CT molecular complexity index is 928. The number of carbonyl (C=O) groups is 1. The molecule has 0 N–H and O–H groups in total. The van der Waals surface area contributed by atoms with Crippen molar-refractivity contribution in [2.75, 3.05) is 26.7 Å². The normalized spacial score (nSPS) is 14.5.